The molecule has 3 heterocycles. The predicted octanol–water partition coefficient (Wildman–Crippen LogP) is 3.41. The third-order valence-corrected chi connectivity index (χ3v) is 5.53. The molecular formula is C22H25N3O. The molecule has 1 amide bonds. The van der Waals surface area contributed by atoms with Crippen LogP contribution < -0.4 is 5.32 Å². The lowest BCUT2D eigenvalue weighted by Gasteiger charge is -2.39. The van der Waals surface area contributed by atoms with E-state index in [0.29, 0.717) is 12.1 Å². The van der Waals surface area contributed by atoms with Crippen molar-refractivity contribution in [1.82, 2.24) is 15.2 Å². The number of carbonyl (C=O) groups excluding carboxylic acids is 1. The molecule has 1 N–H and O–H groups in total. The molecule has 2 bridgehead atoms. The van der Waals surface area contributed by atoms with Crippen LogP contribution in [0.15, 0.2) is 60.8 Å². The van der Waals surface area contributed by atoms with Gasteiger partial charge in [0.2, 0.25) is 5.91 Å². The Bertz CT molecular complexity index is 745. The highest BCUT2D eigenvalue weighted by molar-refractivity contribution is 5.91. The summed E-state index contributed by atoms with van der Waals surface area (Å²) in [6.07, 6.45) is 9.69. The second kappa shape index (κ2) is 7.83. The number of amides is 1. The molecular weight excluding hydrogens is 322 g/mol. The van der Waals surface area contributed by atoms with Gasteiger partial charge < -0.3 is 5.32 Å². The van der Waals surface area contributed by atoms with E-state index in [0.717, 1.165) is 25.1 Å². The average molecular weight is 347 g/mol. The van der Waals surface area contributed by atoms with Gasteiger partial charge in [0.25, 0.3) is 0 Å². The Balaban J connectivity index is 1.32. The third kappa shape index (κ3) is 4.02. The fourth-order valence-corrected chi connectivity index (χ4v) is 4.33. The molecule has 0 spiro atoms. The highest BCUT2D eigenvalue weighted by atomic mass is 16.1. The van der Waals surface area contributed by atoms with E-state index >= 15 is 0 Å². The van der Waals surface area contributed by atoms with Crippen molar-refractivity contribution in [3.63, 3.8) is 0 Å². The number of aromatic nitrogens is 1. The molecule has 0 saturated carbocycles. The van der Waals surface area contributed by atoms with E-state index in [-0.39, 0.29) is 11.9 Å². The Morgan fingerprint density at radius 2 is 1.81 bits per heavy atom. The topological polar surface area (TPSA) is 45.2 Å². The molecule has 26 heavy (non-hydrogen) atoms. The van der Waals surface area contributed by atoms with Crippen LogP contribution in [0.25, 0.3) is 6.08 Å². The second-order valence-electron chi connectivity index (χ2n) is 7.31. The van der Waals surface area contributed by atoms with Crippen molar-refractivity contribution in [2.45, 2.75) is 50.4 Å². The maximum absolute atomic E-state index is 12.3. The number of fused-ring (bicyclic) bond motifs is 2. The number of nitrogens with zero attached hydrogens (tertiary/aromatic N) is 2. The number of nitrogens with one attached hydrogen (secondary N) is 1. The molecule has 1 aromatic heterocycles. The fraction of sp³-hybridized carbons (Fsp3) is 0.364. The van der Waals surface area contributed by atoms with E-state index in [9.17, 15) is 4.79 Å². The minimum Gasteiger partial charge on any atom is -0.350 e. The van der Waals surface area contributed by atoms with Crippen LogP contribution in [0.3, 0.4) is 0 Å². The van der Waals surface area contributed by atoms with Gasteiger partial charge in [0.15, 0.2) is 0 Å². The van der Waals surface area contributed by atoms with Gasteiger partial charge in [-0.3, -0.25) is 14.7 Å². The highest BCUT2D eigenvalue weighted by Gasteiger charge is 2.40. The molecule has 4 nitrogen and oxygen atoms in total. The van der Waals surface area contributed by atoms with Crippen LogP contribution in [0.4, 0.5) is 0 Å². The van der Waals surface area contributed by atoms with Crippen molar-refractivity contribution in [3.05, 3.63) is 72.1 Å². The van der Waals surface area contributed by atoms with Crippen molar-refractivity contribution in [1.29, 1.82) is 0 Å². The molecule has 2 aromatic rings. The van der Waals surface area contributed by atoms with Crippen LogP contribution in [0.1, 0.15) is 36.9 Å². The van der Waals surface area contributed by atoms with Crippen molar-refractivity contribution in [2.24, 2.45) is 0 Å². The Kier molecular flexibility index (Phi) is 5.12. The minimum atomic E-state index is -0.0171. The molecule has 2 saturated heterocycles. The molecule has 134 valence electrons. The number of pyridine rings is 1. The quantitative estimate of drug-likeness (QED) is 0.843. The van der Waals surface area contributed by atoms with E-state index in [1.165, 1.54) is 18.4 Å². The number of benzene rings is 1. The van der Waals surface area contributed by atoms with Gasteiger partial charge in [-0.25, -0.2) is 0 Å². The van der Waals surface area contributed by atoms with Gasteiger partial charge in [0, 0.05) is 36.9 Å². The summed E-state index contributed by atoms with van der Waals surface area (Å²) in [6, 6.07) is 17.8. The summed E-state index contributed by atoms with van der Waals surface area (Å²) in [7, 11) is 0. The number of rotatable bonds is 5. The van der Waals surface area contributed by atoms with Gasteiger partial charge in [-0.1, -0.05) is 36.4 Å². The van der Waals surface area contributed by atoms with E-state index in [1.54, 1.807) is 18.3 Å². The van der Waals surface area contributed by atoms with Gasteiger partial charge in [-0.05, 0) is 49.5 Å². The maximum Gasteiger partial charge on any atom is 0.244 e. The standard InChI is InChI=1S/C22H25N3O/c26-22(12-9-18-8-4-5-13-23-18)24-19-14-20-10-11-21(15-19)25(20)16-17-6-2-1-3-7-17/h1-9,12-13,19-21H,10-11,14-16H2,(H,24,26). The summed E-state index contributed by atoms with van der Waals surface area (Å²) >= 11 is 0. The average Bonchev–Trinajstić information content (AvgIpc) is 2.90. The van der Waals surface area contributed by atoms with Crippen LogP contribution in [0, 0.1) is 0 Å². The molecule has 2 unspecified atom stereocenters. The summed E-state index contributed by atoms with van der Waals surface area (Å²) in [4.78, 5) is 19.1. The van der Waals surface area contributed by atoms with E-state index in [2.05, 4.69) is 45.5 Å². The summed E-state index contributed by atoms with van der Waals surface area (Å²) in [5.41, 5.74) is 2.19. The monoisotopic (exact) mass is 347 g/mol. The van der Waals surface area contributed by atoms with E-state index in [4.69, 9.17) is 0 Å². The Morgan fingerprint density at radius 1 is 1.08 bits per heavy atom. The first kappa shape index (κ1) is 17.0. The fourth-order valence-electron chi connectivity index (χ4n) is 4.33. The van der Waals surface area contributed by atoms with Crippen molar-refractivity contribution < 1.29 is 4.79 Å². The SMILES string of the molecule is O=C(C=Cc1ccccn1)NC1CC2CCC(C1)N2Cc1ccccc1. The smallest absolute Gasteiger partial charge is 0.244 e. The first-order chi connectivity index (χ1) is 12.8. The van der Waals surface area contributed by atoms with Crippen LogP contribution in [-0.2, 0) is 11.3 Å². The molecule has 0 aliphatic carbocycles. The second-order valence-corrected chi connectivity index (χ2v) is 7.31. The number of carbonyl (C=O) groups is 1. The van der Waals surface area contributed by atoms with Gasteiger partial charge in [0.1, 0.15) is 0 Å². The van der Waals surface area contributed by atoms with E-state index in [1.807, 2.05) is 18.2 Å². The molecule has 2 aliphatic heterocycles. The molecule has 1 aromatic carbocycles. The van der Waals surface area contributed by atoms with Crippen molar-refractivity contribution in [3.8, 4) is 0 Å². The Hall–Kier alpha value is -2.46. The molecule has 2 aliphatic rings. The first-order valence-electron chi connectivity index (χ1n) is 9.47. The Morgan fingerprint density at radius 3 is 2.50 bits per heavy atom. The predicted molar refractivity (Wildman–Crippen MR) is 103 cm³/mol. The molecule has 2 fully saturated rings. The van der Waals surface area contributed by atoms with Crippen LogP contribution in [-0.4, -0.2) is 33.9 Å². The summed E-state index contributed by atoms with van der Waals surface area (Å²) in [5, 5.41) is 3.19. The van der Waals surface area contributed by atoms with Crippen LogP contribution in [0.2, 0.25) is 0 Å². The summed E-state index contributed by atoms with van der Waals surface area (Å²) in [6.45, 7) is 1.02. The molecule has 2 atom stereocenters. The zero-order valence-corrected chi connectivity index (χ0v) is 14.9. The normalized spacial score (nSPS) is 25.5. The van der Waals surface area contributed by atoms with Crippen molar-refractivity contribution in [2.75, 3.05) is 0 Å². The van der Waals surface area contributed by atoms with Crippen LogP contribution >= 0.6 is 0 Å². The van der Waals surface area contributed by atoms with Gasteiger partial charge in [0.05, 0.1) is 5.69 Å². The largest absolute Gasteiger partial charge is 0.350 e. The first-order valence-corrected chi connectivity index (χ1v) is 9.47. The lowest BCUT2D eigenvalue weighted by Crippen LogP contribution is -2.49. The van der Waals surface area contributed by atoms with E-state index < -0.39 is 0 Å². The van der Waals surface area contributed by atoms with Crippen molar-refractivity contribution >= 4 is 12.0 Å². The molecule has 0 radical (unpaired) electrons. The third-order valence-electron chi connectivity index (χ3n) is 5.53. The summed E-state index contributed by atoms with van der Waals surface area (Å²) in [5.74, 6) is -0.0171. The number of hydrogen-bond acceptors (Lipinski definition) is 3. The zero-order valence-electron chi connectivity index (χ0n) is 14.9. The minimum absolute atomic E-state index is 0.0171. The summed E-state index contributed by atoms with van der Waals surface area (Å²) < 4.78 is 0. The maximum atomic E-state index is 12.3. The highest BCUT2D eigenvalue weighted by Crippen LogP contribution is 2.36. The molecule has 4 heteroatoms. The van der Waals surface area contributed by atoms with Gasteiger partial charge >= 0.3 is 0 Å². The van der Waals surface area contributed by atoms with Crippen LogP contribution in [0.5, 0.6) is 0 Å². The van der Waals surface area contributed by atoms with Gasteiger partial charge in [-0.2, -0.15) is 0 Å². The lowest BCUT2D eigenvalue weighted by molar-refractivity contribution is -0.117. The zero-order chi connectivity index (χ0) is 17.8. The Labute approximate surface area is 154 Å². The number of piperidine rings is 1. The van der Waals surface area contributed by atoms with Gasteiger partial charge in [-0.15, -0.1) is 0 Å². The number of hydrogen-bond donors (Lipinski definition) is 1. The lowest BCUT2D eigenvalue weighted by atomic mass is 9.96. The molecule has 4 rings (SSSR count).